The molecular weight excluding hydrogens is 557 g/mol. The second-order valence-corrected chi connectivity index (χ2v) is 14.3. The van der Waals surface area contributed by atoms with E-state index < -0.39 is 12.2 Å². The number of aliphatic imine (C=N–C) groups is 1. The Bertz CT molecular complexity index is 1390. The molecule has 3 aliphatic carbocycles. The van der Waals surface area contributed by atoms with Crippen LogP contribution in [0.5, 0.6) is 0 Å². The summed E-state index contributed by atoms with van der Waals surface area (Å²) in [6.45, 7) is 11.5. The van der Waals surface area contributed by atoms with Crippen LogP contribution in [-0.2, 0) is 20.5 Å². The molecule has 6 atom stereocenters. The summed E-state index contributed by atoms with van der Waals surface area (Å²) < 4.78 is 13.4. The van der Waals surface area contributed by atoms with Crippen LogP contribution >= 0.6 is 0 Å². The number of benzene rings is 2. The first-order valence-electron chi connectivity index (χ1n) is 16.2. The summed E-state index contributed by atoms with van der Waals surface area (Å²) in [7, 11) is -0.481. The summed E-state index contributed by atoms with van der Waals surface area (Å²) in [6.07, 6.45) is 5.54. The van der Waals surface area contributed by atoms with Crippen molar-refractivity contribution >= 4 is 29.8 Å². The van der Waals surface area contributed by atoms with E-state index in [1.165, 1.54) is 22.8 Å². The Kier molecular flexibility index (Phi) is 9.56. The number of guanidine groups is 1. The molecule has 1 heterocycles. The number of amides is 1. The quantitative estimate of drug-likeness (QED) is 0.0724. The van der Waals surface area contributed by atoms with Crippen LogP contribution in [0.1, 0.15) is 78.7 Å². The van der Waals surface area contributed by atoms with Gasteiger partial charge in [-0.05, 0) is 91.4 Å². The third-order valence-electron chi connectivity index (χ3n) is 10.5. The lowest BCUT2D eigenvalue weighted by Crippen LogP contribution is -2.65. The third-order valence-corrected chi connectivity index (χ3v) is 10.5. The van der Waals surface area contributed by atoms with Gasteiger partial charge in [-0.2, -0.15) is 0 Å². The minimum Gasteiger partial charge on any atom is -0.404 e. The van der Waals surface area contributed by atoms with Crippen molar-refractivity contribution < 1.29 is 19.1 Å². The van der Waals surface area contributed by atoms with E-state index in [1.54, 1.807) is 0 Å². The first kappa shape index (κ1) is 32.2. The number of aryl methyl sites for hydroxylation is 1. The molecule has 0 spiro atoms. The number of hydrogen-bond donors (Lipinski definition) is 3. The largest absolute Gasteiger partial charge is 0.481 e. The molecule has 0 radical (unpaired) electrons. The second-order valence-electron chi connectivity index (χ2n) is 14.3. The first-order chi connectivity index (χ1) is 20.9. The Morgan fingerprint density at radius 2 is 1.91 bits per heavy atom. The Morgan fingerprint density at radius 3 is 2.61 bits per heavy atom. The van der Waals surface area contributed by atoms with E-state index in [0.29, 0.717) is 37.0 Å². The van der Waals surface area contributed by atoms with Gasteiger partial charge in [0.2, 0.25) is 5.91 Å². The van der Waals surface area contributed by atoms with E-state index in [2.05, 4.69) is 75.3 Å². The highest BCUT2D eigenvalue weighted by Gasteiger charge is 2.68. The minimum absolute atomic E-state index is 0.0198. The average molecular weight is 606 g/mol. The summed E-state index contributed by atoms with van der Waals surface area (Å²) in [5.74, 6) is 0.655. The standard InChI is InChI=1S/C33H48BN5O5/c1-21(2)17-29(34-43-28-20-26-19-27(32(26,3)4)33(28,5)44-34)37-30(40)24(11-8-16-36-31(35)38-39(41)42)15-13-22-12-14-23-9-6-7-10-25(23)18-22/h6-7,9-10,12,14,18,21,24,26-29H,8,11,13,15-17,19-20H2,1-5H3,(H,37,40)(H3,35,36,38)/t24-,26-,27-,28-,29+,33+/m1/s1. The van der Waals surface area contributed by atoms with Crippen LogP contribution in [0.4, 0.5) is 0 Å². The molecule has 0 unspecified atom stereocenters. The Hall–Kier alpha value is -3.18. The number of carbonyl (C=O) groups excluding carboxylic acids is 1. The number of hydrogen-bond acceptors (Lipinski definition) is 6. The predicted molar refractivity (Wildman–Crippen MR) is 173 cm³/mol. The number of carbonyl (C=O) groups is 1. The molecule has 44 heavy (non-hydrogen) atoms. The lowest BCUT2D eigenvalue weighted by atomic mass is 9.43. The van der Waals surface area contributed by atoms with Crippen LogP contribution in [-0.4, -0.2) is 48.2 Å². The summed E-state index contributed by atoms with van der Waals surface area (Å²) in [6, 6.07) is 14.7. The number of hydrazine groups is 1. The summed E-state index contributed by atoms with van der Waals surface area (Å²) >= 11 is 0. The number of rotatable bonds is 13. The smallest absolute Gasteiger partial charge is 0.404 e. The van der Waals surface area contributed by atoms with E-state index in [9.17, 15) is 14.9 Å². The normalized spacial score (nSPS) is 27.0. The molecular formula is C33H48BN5O5. The Morgan fingerprint density at radius 1 is 1.16 bits per heavy atom. The molecule has 0 aromatic heterocycles. The summed E-state index contributed by atoms with van der Waals surface area (Å²) in [5.41, 5.74) is 8.55. The molecule has 11 heteroatoms. The molecule has 1 aliphatic heterocycles. The first-order valence-corrected chi connectivity index (χ1v) is 16.2. The summed E-state index contributed by atoms with van der Waals surface area (Å²) in [5, 5.41) is 15.6. The zero-order chi connectivity index (χ0) is 31.6. The average Bonchev–Trinajstić information content (AvgIpc) is 3.33. The fourth-order valence-electron chi connectivity index (χ4n) is 7.93. The van der Waals surface area contributed by atoms with Crippen LogP contribution in [0.25, 0.3) is 10.8 Å². The topological polar surface area (TPSA) is 141 Å². The van der Waals surface area contributed by atoms with Crippen LogP contribution in [0.3, 0.4) is 0 Å². The van der Waals surface area contributed by atoms with Crippen molar-refractivity contribution in [3.05, 3.63) is 58.1 Å². The van der Waals surface area contributed by atoms with Gasteiger partial charge in [0.25, 0.3) is 5.96 Å². The molecule has 2 aromatic rings. The molecule has 4 aliphatic rings. The maximum Gasteiger partial charge on any atom is 0.481 e. The predicted octanol–water partition coefficient (Wildman–Crippen LogP) is 5.06. The van der Waals surface area contributed by atoms with Gasteiger partial charge in [0.1, 0.15) is 0 Å². The monoisotopic (exact) mass is 605 g/mol. The number of nitrogens with two attached hydrogens (primary N) is 1. The molecule has 6 rings (SSSR count). The van der Waals surface area contributed by atoms with Gasteiger partial charge >= 0.3 is 7.12 Å². The van der Waals surface area contributed by atoms with Gasteiger partial charge in [-0.1, -0.05) is 75.6 Å². The van der Waals surface area contributed by atoms with Crippen molar-refractivity contribution in [2.24, 2.45) is 39.8 Å². The highest BCUT2D eigenvalue weighted by Crippen LogP contribution is 2.65. The number of nitrogens with one attached hydrogen (secondary N) is 2. The fourth-order valence-corrected chi connectivity index (χ4v) is 7.93. The lowest BCUT2D eigenvalue weighted by Gasteiger charge is -2.64. The third kappa shape index (κ3) is 6.88. The van der Waals surface area contributed by atoms with Gasteiger partial charge in [-0.3, -0.25) is 4.79 Å². The zero-order valence-electron chi connectivity index (χ0n) is 26.8. The molecule has 10 nitrogen and oxygen atoms in total. The van der Waals surface area contributed by atoms with E-state index in [1.807, 2.05) is 17.6 Å². The van der Waals surface area contributed by atoms with Crippen molar-refractivity contribution in [2.75, 3.05) is 6.54 Å². The SMILES string of the molecule is CC(C)C[C@H](NC(=O)[C@H](CCCN=C(N)N[N+](=O)[O-])CCc1ccc2ccccc2c1)B1O[C@@H]2C[C@H]3C[C@H](C3(C)C)[C@]2(C)O1. The maximum atomic E-state index is 14.0. The maximum absolute atomic E-state index is 14.0. The molecule has 4 fully saturated rings. The van der Waals surface area contributed by atoms with Crippen molar-refractivity contribution in [3.8, 4) is 0 Å². The van der Waals surface area contributed by atoms with Crippen molar-refractivity contribution in [1.29, 1.82) is 0 Å². The lowest BCUT2D eigenvalue weighted by molar-refractivity contribution is -0.525. The fraction of sp³-hybridized carbons (Fsp3) is 0.636. The van der Waals surface area contributed by atoms with Crippen LogP contribution < -0.4 is 16.5 Å². The second kappa shape index (κ2) is 13.0. The van der Waals surface area contributed by atoms with E-state index in [0.717, 1.165) is 19.3 Å². The van der Waals surface area contributed by atoms with Gasteiger partial charge in [0.05, 0.1) is 17.6 Å². The number of fused-ring (bicyclic) bond motifs is 1. The molecule has 2 aromatic carbocycles. The van der Waals surface area contributed by atoms with Crippen molar-refractivity contribution in [3.63, 3.8) is 0 Å². The van der Waals surface area contributed by atoms with Gasteiger partial charge in [-0.15, -0.1) is 0 Å². The van der Waals surface area contributed by atoms with Gasteiger partial charge in [-0.25, -0.2) is 15.1 Å². The number of nitro groups is 1. The van der Waals surface area contributed by atoms with E-state index in [4.69, 9.17) is 15.0 Å². The highest BCUT2D eigenvalue weighted by atomic mass is 16.7. The molecule has 4 N–H and O–H groups in total. The van der Waals surface area contributed by atoms with Gasteiger partial charge in [0.15, 0.2) is 5.03 Å². The number of nitrogens with zero attached hydrogens (tertiary/aromatic N) is 2. The summed E-state index contributed by atoms with van der Waals surface area (Å²) in [4.78, 5) is 28.7. The van der Waals surface area contributed by atoms with Crippen LogP contribution in [0, 0.1) is 39.2 Å². The van der Waals surface area contributed by atoms with Crippen LogP contribution in [0.15, 0.2) is 47.5 Å². The van der Waals surface area contributed by atoms with Crippen molar-refractivity contribution in [1.82, 2.24) is 10.7 Å². The van der Waals surface area contributed by atoms with Gasteiger partial charge < -0.3 is 20.4 Å². The molecule has 1 saturated heterocycles. The minimum atomic E-state index is -0.735. The van der Waals surface area contributed by atoms with Crippen LogP contribution in [0.2, 0.25) is 0 Å². The Labute approximate surface area is 261 Å². The molecule has 2 bridgehead atoms. The molecule has 3 saturated carbocycles. The zero-order valence-corrected chi connectivity index (χ0v) is 26.8. The molecule has 1 amide bonds. The van der Waals surface area contributed by atoms with E-state index in [-0.39, 0.29) is 47.4 Å². The molecule has 238 valence electrons. The van der Waals surface area contributed by atoms with Crippen molar-refractivity contribution in [2.45, 2.75) is 97.2 Å². The highest BCUT2D eigenvalue weighted by molar-refractivity contribution is 6.47. The van der Waals surface area contributed by atoms with Gasteiger partial charge in [0, 0.05) is 12.5 Å². The Balaban J connectivity index is 1.28. The van der Waals surface area contributed by atoms with E-state index >= 15 is 0 Å².